The van der Waals surface area contributed by atoms with Crippen molar-refractivity contribution in [3.63, 3.8) is 0 Å². The zero-order chi connectivity index (χ0) is 11.3. The van der Waals surface area contributed by atoms with Crippen molar-refractivity contribution in [1.29, 1.82) is 0 Å². The van der Waals surface area contributed by atoms with Gasteiger partial charge >= 0.3 is 0 Å². The summed E-state index contributed by atoms with van der Waals surface area (Å²) in [6, 6.07) is 6.78. The second-order valence-corrected chi connectivity index (χ2v) is 2.75. The van der Waals surface area contributed by atoms with Crippen LogP contribution >= 0.6 is 0 Å². The van der Waals surface area contributed by atoms with E-state index in [9.17, 15) is 4.79 Å². The second kappa shape index (κ2) is 2.63. The Morgan fingerprint density at radius 1 is 1.67 bits per heavy atom. The van der Waals surface area contributed by atoms with Crippen molar-refractivity contribution >= 4 is 5.91 Å². The van der Waals surface area contributed by atoms with E-state index in [4.69, 9.17) is 9.85 Å². The maximum atomic E-state index is 11.3. The summed E-state index contributed by atoms with van der Waals surface area (Å²) in [5.74, 6) is -2.89. The van der Waals surface area contributed by atoms with E-state index >= 15 is 0 Å². The first-order chi connectivity index (χ1) is 6.89. The van der Waals surface area contributed by atoms with Gasteiger partial charge in [0.1, 0.15) is 0 Å². The van der Waals surface area contributed by atoms with Crippen molar-refractivity contribution in [3.05, 3.63) is 35.4 Å². The van der Waals surface area contributed by atoms with Crippen LogP contribution in [0.15, 0.2) is 24.3 Å². The molecule has 1 aromatic rings. The first kappa shape index (κ1) is 4.65. The van der Waals surface area contributed by atoms with Crippen molar-refractivity contribution in [1.82, 2.24) is 0 Å². The number of benzene rings is 1. The van der Waals surface area contributed by atoms with Crippen LogP contribution < -0.4 is 5.73 Å². The number of rotatable bonds is 1. The summed E-state index contributed by atoms with van der Waals surface area (Å²) < 4.78 is 23.4. The van der Waals surface area contributed by atoms with Gasteiger partial charge in [0.05, 0.1) is 5.89 Å². The van der Waals surface area contributed by atoms with E-state index in [2.05, 4.69) is 0 Å². The van der Waals surface area contributed by atoms with Crippen molar-refractivity contribution in [2.75, 3.05) is 0 Å². The molecule has 0 radical (unpaired) electrons. The highest BCUT2D eigenvalue weighted by atomic mass is 16.1. The number of carbonyl (C=O) groups excluding carboxylic acids is 1. The van der Waals surface area contributed by atoms with Crippen LogP contribution in [0.5, 0.6) is 0 Å². The van der Waals surface area contributed by atoms with Gasteiger partial charge in [-0.3, -0.25) is 4.79 Å². The third kappa shape index (κ3) is 0.998. The topological polar surface area (TPSA) is 43.1 Å². The predicted octanol–water partition coefficient (Wildman–Crippen LogP) is 1.20. The van der Waals surface area contributed by atoms with Gasteiger partial charge in [-0.05, 0) is 23.9 Å². The lowest BCUT2D eigenvalue weighted by Gasteiger charge is -2.05. The molecule has 0 saturated heterocycles. The smallest absolute Gasteiger partial charge is 0.224 e. The molecule has 0 aliphatic heterocycles. The Balaban J connectivity index is 2.67. The van der Waals surface area contributed by atoms with Gasteiger partial charge in [-0.15, -0.1) is 0 Å². The fourth-order valence-corrected chi connectivity index (χ4v) is 1.42. The summed E-state index contributed by atoms with van der Waals surface area (Å²) in [5, 5.41) is 0. The Labute approximate surface area is 75.6 Å². The van der Waals surface area contributed by atoms with Crippen molar-refractivity contribution in [2.24, 2.45) is 5.73 Å². The maximum absolute atomic E-state index is 11.3. The minimum absolute atomic E-state index is 0.0651. The quantitative estimate of drug-likeness (QED) is 0.666. The highest BCUT2D eigenvalue weighted by Crippen LogP contribution is 2.32. The molecule has 12 heavy (non-hydrogen) atoms. The number of aryl methyl sites for hydroxylation is 1. The van der Waals surface area contributed by atoms with Crippen LogP contribution in [-0.4, -0.2) is 5.91 Å². The highest BCUT2D eigenvalue weighted by Gasteiger charge is 2.25. The lowest BCUT2D eigenvalue weighted by Crippen LogP contribution is -2.19. The molecule has 0 spiro atoms. The van der Waals surface area contributed by atoms with Gasteiger partial charge in [0.15, 0.2) is 0 Å². The number of primary amides is 1. The van der Waals surface area contributed by atoms with Gasteiger partial charge < -0.3 is 5.73 Å². The number of carbonyl (C=O) groups is 1. The normalized spacial score (nSPS) is 34.5. The first-order valence-electron chi connectivity index (χ1n) is 5.28. The van der Waals surface area contributed by atoms with E-state index in [0.717, 1.165) is 0 Å². The van der Waals surface area contributed by atoms with E-state index in [1.165, 1.54) is 0 Å². The Morgan fingerprint density at radius 2 is 2.42 bits per heavy atom. The number of fused-ring (bicyclic) bond motifs is 1. The number of nitrogens with two attached hydrogens (primary N) is 1. The van der Waals surface area contributed by atoms with E-state index < -0.39 is 18.2 Å². The van der Waals surface area contributed by atoms with Gasteiger partial charge in [0.2, 0.25) is 5.91 Å². The molecule has 1 atom stereocenters. The van der Waals surface area contributed by atoms with Crippen LogP contribution in [0.25, 0.3) is 0 Å². The summed E-state index contributed by atoms with van der Waals surface area (Å²) in [6.45, 7) is 0. The Kier molecular flexibility index (Phi) is 1.02. The van der Waals surface area contributed by atoms with Gasteiger partial charge in [-0.25, -0.2) is 0 Å². The third-order valence-electron chi connectivity index (χ3n) is 1.99. The summed E-state index contributed by atoms with van der Waals surface area (Å²) in [4.78, 5) is 11.3. The van der Waals surface area contributed by atoms with Crippen LogP contribution in [0.1, 0.15) is 27.5 Å². The molecule has 2 rings (SSSR count). The highest BCUT2D eigenvalue weighted by molar-refractivity contribution is 5.83. The maximum Gasteiger partial charge on any atom is 0.224 e. The second-order valence-electron chi connectivity index (χ2n) is 2.75. The Hall–Kier alpha value is -1.31. The van der Waals surface area contributed by atoms with Crippen molar-refractivity contribution in [3.8, 4) is 0 Å². The molecule has 2 nitrogen and oxygen atoms in total. The van der Waals surface area contributed by atoms with Crippen LogP contribution in [0.4, 0.5) is 0 Å². The third-order valence-corrected chi connectivity index (χ3v) is 1.99. The Morgan fingerprint density at radius 3 is 3.17 bits per heavy atom. The van der Waals surface area contributed by atoms with E-state index in [1.54, 1.807) is 24.3 Å². The van der Waals surface area contributed by atoms with Gasteiger partial charge in [-0.1, -0.05) is 24.3 Å². The largest absolute Gasteiger partial charge is 0.369 e. The molecular weight excluding hydrogens is 150 g/mol. The fraction of sp³-hybridized carbons (Fsp3) is 0.300. The molecule has 62 valence electrons. The van der Waals surface area contributed by atoms with Gasteiger partial charge in [0.25, 0.3) is 0 Å². The Bertz CT molecular complexity index is 432. The van der Waals surface area contributed by atoms with Crippen LogP contribution in [0, 0.1) is 0 Å². The summed E-state index contributed by atoms with van der Waals surface area (Å²) in [7, 11) is 0. The molecular formula is C10H11NO. The lowest BCUT2D eigenvalue weighted by atomic mass is 10.0. The van der Waals surface area contributed by atoms with Crippen molar-refractivity contribution in [2.45, 2.75) is 18.7 Å². The molecule has 1 aliphatic carbocycles. The molecule has 0 bridgehead atoms. The van der Waals surface area contributed by atoms with E-state index in [-0.39, 0.29) is 6.42 Å². The zero-order valence-electron chi connectivity index (χ0n) is 9.50. The lowest BCUT2D eigenvalue weighted by molar-refractivity contribution is -0.119. The van der Waals surface area contributed by atoms with Gasteiger partial charge in [0, 0.05) is 4.11 Å². The molecule has 0 aromatic heterocycles. The number of hydrogen-bond acceptors (Lipinski definition) is 1. The molecule has 2 N–H and O–H groups in total. The fourth-order valence-electron chi connectivity index (χ4n) is 1.42. The summed E-state index contributed by atoms with van der Waals surface area (Å²) in [6.07, 6.45) is -1.86. The monoisotopic (exact) mass is 164 g/mol. The van der Waals surface area contributed by atoms with E-state index in [0.29, 0.717) is 11.1 Å². The van der Waals surface area contributed by atoms with Crippen LogP contribution in [0.3, 0.4) is 0 Å². The molecule has 2 heteroatoms. The molecule has 0 heterocycles. The molecule has 1 unspecified atom stereocenters. The minimum atomic E-state index is -1.95. The molecule has 1 amide bonds. The molecule has 1 aliphatic rings. The number of hydrogen-bond donors (Lipinski definition) is 1. The zero-order valence-corrected chi connectivity index (χ0v) is 6.50. The minimum Gasteiger partial charge on any atom is -0.369 e. The first-order valence-corrected chi connectivity index (χ1v) is 3.78. The summed E-state index contributed by atoms with van der Waals surface area (Å²) in [5.41, 5.74) is 6.24. The number of amides is 1. The predicted molar refractivity (Wildman–Crippen MR) is 46.7 cm³/mol. The summed E-state index contributed by atoms with van der Waals surface area (Å²) >= 11 is 0. The molecule has 1 aromatic carbocycles. The average Bonchev–Trinajstić information content (AvgIpc) is 2.36. The van der Waals surface area contributed by atoms with Crippen LogP contribution in [0.2, 0.25) is 0 Å². The molecule has 0 fully saturated rings. The standard InChI is InChI=1S/C10H11NO/c11-10(12)9-6-5-7-3-1-2-4-8(7)9/h1-4,9H,5-6H2,(H2,11,12)/i6D2,9D. The van der Waals surface area contributed by atoms with Gasteiger partial charge in [-0.2, -0.15) is 0 Å². The van der Waals surface area contributed by atoms with Crippen LogP contribution in [-0.2, 0) is 11.2 Å². The SMILES string of the molecule is [2H]C1([2H])Cc2ccccc2C1([2H])C(N)=O. The van der Waals surface area contributed by atoms with E-state index in [1.807, 2.05) is 0 Å². The average molecular weight is 164 g/mol. The van der Waals surface area contributed by atoms with Crippen molar-refractivity contribution < 1.29 is 8.91 Å². The molecule has 0 saturated carbocycles.